The van der Waals surface area contributed by atoms with Gasteiger partial charge in [0, 0.05) is 29.7 Å². The van der Waals surface area contributed by atoms with Crippen LogP contribution < -0.4 is 14.9 Å². The maximum Gasteiger partial charge on any atom is 0.277 e. The fourth-order valence-electron chi connectivity index (χ4n) is 2.55. The summed E-state index contributed by atoms with van der Waals surface area (Å²) in [5.74, 6) is 0.913. The second-order valence-corrected chi connectivity index (χ2v) is 6.45. The highest BCUT2D eigenvalue weighted by Crippen LogP contribution is 2.29. The summed E-state index contributed by atoms with van der Waals surface area (Å²) in [6, 6.07) is 13.3. The molecule has 7 heteroatoms. The SMILES string of the molecule is COc1ccc(OCC(=O)N/N=C/c2cn(C)c3ccccc23)c(Br)c1. The lowest BCUT2D eigenvalue weighted by atomic mass is 10.2. The third kappa shape index (κ3) is 4.05. The molecule has 0 saturated carbocycles. The van der Waals surface area contributed by atoms with E-state index in [9.17, 15) is 4.79 Å². The van der Waals surface area contributed by atoms with Crippen LogP contribution in [0.15, 0.2) is 58.2 Å². The van der Waals surface area contributed by atoms with Gasteiger partial charge in [-0.15, -0.1) is 0 Å². The van der Waals surface area contributed by atoms with Crippen LogP contribution in [-0.2, 0) is 11.8 Å². The largest absolute Gasteiger partial charge is 0.497 e. The molecule has 0 aliphatic rings. The van der Waals surface area contributed by atoms with Crippen LogP contribution in [0.25, 0.3) is 10.9 Å². The quantitative estimate of drug-likeness (QED) is 0.495. The van der Waals surface area contributed by atoms with Gasteiger partial charge in [-0.3, -0.25) is 4.79 Å². The number of nitrogens with one attached hydrogen (secondary N) is 1. The van der Waals surface area contributed by atoms with Crippen molar-refractivity contribution in [3.8, 4) is 11.5 Å². The van der Waals surface area contributed by atoms with E-state index in [0.717, 1.165) is 16.5 Å². The lowest BCUT2D eigenvalue weighted by Gasteiger charge is -2.08. The summed E-state index contributed by atoms with van der Waals surface area (Å²) < 4.78 is 13.3. The van der Waals surface area contributed by atoms with Crippen LogP contribution >= 0.6 is 15.9 Å². The van der Waals surface area contributed by atoms with Gasteiger partial charge in [-0.25, -0.2) is 5.43 Å². The number of carbonyl (C=O) groups excluding carboxylic acids is 1. The molecule has 0 atom stereocenters. The molecule has 134 valence electrons. The van der Waals surface area contributed by atoms with Crippen molar-refractivity contribution in [3.05, 3.63) is 58.7 Å². The van der Waals surface area contributed by atoms with Gasteiger partial charge in [-0.2, -0.15) is 5.10 Å². The molecule has 26 heavy (non-hydrogen) atoms. The molecule has 1 heterocycles. The first kappa shape index (κ1) is 18.0. The van der Waals surface area contributed by atoms with E-state index in [1.165, 1.54) is 0 Å². The Labute approximate surface area is 159 Å². The van der Waals surface area contributed by atoms with Crippen molar-refractivity contribution >= 4 is 39.0 Å². The first-order valence-electron chi connectivity index (χ1n) is 7.91. The van der Waals surface area contributed by atoms with Crippen molar-refractivity contribution in [2.24, 2.45) is 12.1 Å². The number of fused-ring (bicyclic) bond motifs is 1. The molecule has 0 aliphatic heterocycles. The number of benzene rings is 2. The number of methoxy groups -OCH3 is 1. The molecule has 3 aromatic rings. The van der Waals surface area contributed by atoms with Crippen molar-refractivity contribution in [3.63, 3.8) is 0 Å². The Hall–Kier alpha value is -2.80. The average molecular weight is 416 g/mol. The molecule has 3 rings (SSSR count). The molecule has 0 fully saturated rings. The predicted octanol–water partition coefficient (Wildman–Crippen LogP) is 3.48. The van der Waals surface area contributed by atoms with E-state index in [2.05, 4.69) is 26.5 Å². The molecule has 0 aliphatic carbocycles. The smallest absolute Gasteiger partial charge is 0.277 e. The summed E-state index contributed by atoms with van der Waals surface area (Å²) in [4.78, 5) is 11.9. The van der Waals surface area contributed by atoms with Crippen molar-refractivity contribution in [2.75, 3.05) is 13.7 Å². The maximum absolute atomic E-state index is 11.9. The molecule has 1 amide bonds. The number of hydrazone groups is 1. The molecule has 2 aromatic carbocycles. The van der Waals surface area contributed by atoms with E-state index in [0.29, 0.717) is 16.0 Å². The van der Waals surface area contributed by atoms with E-state index in [1.54, 1.807) is 31.5 Å². The number of carbonyl (C=O) groups is 1. The molecular formula is C19H18BrN3O3. The Bertz CT molecular complexity index is 966. The topological polar surface area (TPSA) is 64.8 Å². The number of hydrogen-bond donors (Lipinski definition) is 1. The maximum atomic E-state index is 11.9. The van der Waals surface area contributed by atoms with E-state index >= 15 is 0 Å². The minimum atomic E-state index is -0.343. The Kier molecular flexibility index (Phi) is 5.58. The molecule has 0 radical (unpaired) electrons. The van der Waals surface area contributed by atoms with Crippen LogP contribution in [0, 0.1) is 0 Å². The lowest BCUT2D eigenvalue weighted by Crippen LogP contribution is -2.24. The van der Waals surface area contributed by atoms with Crippen molar-refractivity contribution in [1.82, 2.24) is 9.99 Å². The first-order chi connectivity index (χ1) is 12.6. The summed E-state index contributed by atoms with van der Waals surface area (Å²) in [6.45, 7) is -0.141. The number of amides is 1. The van der Waals surface area contributed by atoms with E-state index in [1.807, 2.05) is 42.1 Å². The van der Waals surface area contributed by atoms with Gasteiger partial charge in [-0.1, -0.05) is 18.2 Å². The van der Waals surface area contributed by atoms with E-state index in [-0.39, 0.29) is 12.5 Å². The fourth-order valence-corrected chi connectivity index (χ4v) is 3.02. The number of aromatic nitrogens is 1. The summed E-state index contributed by atoms with van der Waals surface area (Å²) in [6.07, 6.45) is 3.59. The van der Waals surface area contributed by atoms with Crippen LogP contribution in [-0.4, -0.2) is 30.4 Å². The first-order valence-corrected chi connectivity index (χ1v) is 8.70. The molecule has 0 spiro atoms. The van der Waals surface area contributed by atoms with Gasteiger partial charge >= 0.3 is 0 Å². The van der Waals surface area contributed by atoms with Gasteiger partial charge < -0.3 is 14.0 Å². The summed E-state index contributed by atoms with van der Waals surface area (Å²) >= 11 is 3.38. The van der Waals surface area contributed by atoms with Gasteiger partial charge in [0.15, 0.2) is 6.61 Å². The van der Waals surface area contributed by atoms with Gasteiger partial charge in [0.1, 0.15) is 11.5 Å². The number of halogens is 1. The summed E-state index contributed by atoms with van der Waals surface area (Å²) in [5, 5.41) is 5.09. The zero-order chi connectivity index (χ0) is 18.5. The highest BCUT2D eigenvalue weighted by molar-refractivity contribution is 9.10. The second-order valence-electron chi connectivity index (χ2n) is 5.59. The van der Waals surface area contributed by atoms with Crippen molar-refractivity contribution < 1.29 is 14.3 Å². The molecule has 1 aromatic heterocycles. The molecule has 0 bridgehead atoms. The Balaban J connectivity index is 1.58. The zero-order valence-electron chi connectivity index (χ0n) is 14.4. The Morgan fingerprint density at radius 3 is 2.88 bits per heavy atom. The normalized spacial score (nSPS) is 11.0. The molecule has 1 N–H and O–H groups in total. The number of ether oxygens (including phenoxy) is 2. The number of para-hydroxylation sites is 1. The molecule has 6 nitrogen and oxygen atoms in total. The molecular weight excluding hydrogens is 398 g/mol. The monoisotopic (exact) mass is 415 g/mol. The Morgan fingerprint density at radius 2 is 2.12 bits per heavy atom. The van der Waals surface area contributed by atoms with Crippen molar-refractivity contribution in [1.29, 1.82) is 0 Å². The number of nitrogens with zero attached hydrogens (tertiary/aromatic N) is 2. The summed E-state index contributed by atoms with van der Waals surface area (Å²) in [7, 11) is 3.56. The van der Waals surface area contributed by atoms with E-state index in [4.69, 9.17) is 9.47 Å². The number of rotatable bonds is 6. The van der Waals surface area contributed by atoms with Crippen LogP contribution in [0.1, 0.15) is 5.56 Å². The Morgan fingerprint density at radius 1 is 1.31 bits per heavy atom. The summed E-state index contributed by atoms with van der Waals surface area (Å²) in [5.41, 5.74) is 4.51. The molecule has 0 saturated heterocycles. The van der Waals surface area contributed by atoms with Crippen molar-refractivity contribution in [2.45, 2.75) is 0 Å². The lowest BCUT2D eigenvalue weighted by molar-refractivity contribution is -0.123. The van der Waals surface area contributed by atoms with E-state index < -0.39 is 0 Å². The van der Waals surface area contributed by atoms with Gasteiger partial charge in [0.2, 0.25) is 0 Å². The van der Waals surface area contributed by atoms with Crippen LogP contribution in [0.2, 0.25) is 0 Å². The molecule has 0 unspecified atom stereocenters. The fraction of sp³-hybridized carbons (Fsp3) is 0.158. The minimum Gasteiger partial charge on any atom is -0.497 e. The zero-order valence-corrected chi connectivity index (χ0v) is 16.0. The van der Waals surface area contributed by atoms with Crippen LogP contribution in [0.3, 0.4) is 0 Å². The number of hydrogen-bond acceptors (Lipinski definition) is 4. The van der Waals surface area contributed by atoms with Gasteiger partial charge in [-0.05, 0) is 40.2 Å². The minimum absolute atomic E-state index is 0.141. The van der Waals surface area contributed by atoms with Crippen LogP contribution in [0.4, 0.5) is 0 Å². The van der Waals surface area contributed by atoms with Gasteiger partial charge in [0.05, 0.1) is 17.8 Å². The van der Waals surface area contributed by atoms with Gasteiger partial charge in [0.25, 0.3) is 5.91 Å². The number of aryl methyl sites for hydroxylation is 1. The predicted molar refractivity (Wildman–Crippen MR) is 105 cm³/mol. The third-order valence-corrected chi connectivity index (χ3v) is 4.44. The highest BCUT2D eigenvalue weighted by Gasteiger charge is 2.07. The third-order valence-electron chi connectivity index (χ3n) is 3.82. The highest BCUT2D eigenvalue weighted by atomic mass is 79.9. The standard InChI is InChI=1S/C19H18BrN3O3/c1-23-11-13(15-5-3-4-6-17(15)23)10-21-22-19(24)12-26-18-8-7-14(25-2)9-16(18)20/h3-11H,12H2,1-2H3,(H,22,24)/b21-10+. The van der Waals surface area contributed by atoms with Crippen LogP contribution in [0.5, 0.6) is 11.5 Å². The average Bonchev–Trinajstić information content (AvgIpc) is 2.97. The second kappa shape index (κ2) is 8.05.